The van der Waals surface area contributed by atoms with Crippen LogP contribution in [-0.2, 0) is 13.9 Å². The van der Waals surface area contributed by atoms with E-state index in [0.717, 1.165) is 25.7 Å². The zero-order valence-electron chi connectivity index (χ0n) is 21.6. The Hall–Kier alpha value is -1.76. The molecule has 35 heavy (non-hydrogen) atoms. The molecule has 0 amide bonds. The lowest BCUT2D eigenvalue weighted by molar-refractivity contribution is -0.195. The van der Waals surface area contributed by atoms with Crippen molar-refractivity contribution >= 4 is 18.7 Å². The summed E-state index contributed by atoms with van der Waals surface area (Å²) in [6, 6.07) is 21.3. The lowest BCUT2D eigenvalue weighted by atomic mass is 9.94. The molecule has 1 heterocycles. The topological polar surface area (TPSA) is 47.9 Å². The Labute approximate surface area is 212 Å². The van der Waals surface area contributed by atoms with Gasteiger partial charge < -0.3 is 19.0 Å². The molecule has 1 saturated carbocycles. The van der Waals surface area contributed by atoms with Crippen LogP contribution in [0.25, 0.3) is 0 Å². The standard InChI is InChI=1S/C30H42O4Si/c1-5-15-24(31)22-27(28-23-32-30(33-28)20-13-8-14-21-30)34-35(29(2,3)4,25-16-9-6-10-17-25)26-18-11-7-12-19-26/h5-7,9-12,16-19,24,27-28,31H,1,8,13-15,20-23H2,2-4H3/t24-,27+,28-/m1/s1. The maximum Gasteiger partial charge on any atom is 0.261 e. The zero-order valence-corrected chi connectivity index (χ0v) is 22.6. The van der Waals surface area contributed by atoms with E-state index in [1.165, 1.54) is 16.8 Å². The zero-order chi connectivity index (χ0) is 24.9. The Balaban J connectivity index is 1.76. The molecule has 1 spiro atoms. The van der Waals surface area contributed by atoms with Crippen molar-refractivity contribution in [2.45, 2.75) is 94.9 Å². The van der Waals surface area contributed by atoms with Crippen LogP contribution in [0.1, 0.15) is 65.7 Å². The van der Waals surface area contributed by atoms with Crippen LogP contribution >= 0.6 is 0 Å². The van der Waals surface area contributed by atoms with Crippen molar-refractivity contribution in [2.24, 2.45) is 0 Å². The van der Waals surface area contributed by atoms with E-state index in [2.05, 4.69) is 88.0 Å². The average Bonchev–Trinajstić information content (AvgIpc) is 3.25. The molecule has 1 aliphatic carbocycles. The maximum atomic E-state index is 10.9. The van der Waals surface area contributed by atoms with Crippen molar-refractivity contribution in [3.05, 3.63) is 73.3 Å². The quantitative estimate of drug-likeness (QED) is 0.378. The highest BCUT2D eigenvalue weighted by Gasteiger charge is 2.54. The average molecular weight is 495 g/mol. The van der Waals surface area contributed by atoms with Crippen molar-refractivity contribution in [3.8, 4) is 0 Å². The first-order valence-corrected chi connectivity index (χ1v) is 15.1. The molecule has 0 aromatic heterocycles. The minimum Gasteiger partial charge on any atom is -0.402 e. The summed E-state index contributed by atoms with van der Waals surface area (Å²) in [5.41, 5.74) is 0. The van der Waals surface area contributed by atoms with Gasteiger partial charge in [-0.05, 0) is 34.7 Å². The molecule has 4 nitrogen and oxygen atoms in total. The Morgan fingerprint density at radius 2 is 1.60 bits per heavy atom. The van der Waals surface area contributed by atoms with Gasteiger partial charge in [-0.3, -0.25) is 0 Å². The van der Waals surface area contributed by atoms with Gasteiger partial charge >= 0.3 is 0 Å². The molecule has 0 unspecified atom stereocenters. The summed E-state index contributed by atoms with van der Waals surface area (Å²) in [7, 11) is -2.80. The Morgan fingerprint density at radius 1 is 1.03 bits per heavy atom. The van der Waals surface area contributed by atoms with E-state index in [9.17, 15) is 5.11 Å². The second kappa shape index (κ2) is 11.1. The molecular formula is C30H42O4Si. The normalized spacial score (nSPS) is 22.1. The first-order valence-electron chi connectivity index (χ1n) is 13.2. The molecule has 0 radical (unpaired) electrons. The summed E-state index contributed by atoms with van der Waals surface area (Å²) < 4.78 is 20.5. The fourth-order valence-corrected chi connectivity index (χ4v) is 10.6. The highest BCUT2D eigenvalue weighted by Crippen LogP contribution is 2.42. The summed E-state index contributed by atoms with van der Waals surface area (Å²) >= 11 is 0. The van der Waals surface area contributed by atoms with Crippen molar-refractivity contribution in [1.29, 1.82) is 0 Å². The molecule has 1 N–H and O–H groups in total. The molecule has 2 aromatic carbocycles. The van der Waals surface area contributed by atoms with Crippen molar-refractivity contribution < 1.29 is 19.0 Å². The number of rotatable bonds is 9. The Bertz CT molecular complexity index is 894. The number of benzene rings is 2. The van der Waals surface area contributed by atoms with Crippen LogP contribution in [0.4, 0.5) is 0 Å². The van der Waals surface area contributed by atoms with Crippen LogP contribution in [0, 0.1) is 0 Å². The predicted octanol–water partition coefficient (Wildman–Crippen LogP) is 5.33. The second-order valence-corrected chi connectivity index (χ2v) is 15.4. The number of hydrogen-bond acceptors (Lipinski definition) is 4. The van der Waals surface area contributed by atoms with Gasteiger partial charge in [0.1, 0.15) is 6.10 Å². The number of aliphatic hydroxyl groups is 1. The van der Waals surface area contributed by atoms with Gasteiger partial charge in [-0.2, -0.15) is 0 Å². The van der Waals surface area contributed by atoms with E-state index in [0.29, 0.717) is 19.4 Å². The number of ether oxygens (including phenoxy) is 2. The van der Waals surface area contributed by atoms with E-state index in [4.69, 9.17) is 13.9 Å². The van der Waals surface area contributed by atoms with Gasteiger partial charge in [-0.25, -0.2) is 0 Å². The van der Waals surface area contributed by atoms with E-state index in [1.54, 1.807) is 6.08 Å². The van der Waals surface area contributed by atoms with Gasteiger partial charge in [-0.15, -0.1) is 6.58 Å². The fraction of sp³-hybridized carbons (Fsp3) is 0.533. The first-order chi connectivity index (χ1) is 16.8. The molecule has 2 aliphatic rings. The van der Waals surface area contributed by atoms with Gasteiger partial charge in [-0.1, -0.05) is 93.9 Å². The van der Waals surface area contributed by atoms with Crippen molar-refractivity contribution in [2.75, 3.05) is 6.61 Å². The highest BCUT2D eigenvalue weighted by atomic mass is 28.4. The first kappa shape index (κ1) is 26.3. The molecule has 4 rings (SSSR count). The molecule has 1 saturated heterocycles. The molecule has 3 atom stereocenters. The number of aliphatic hydroxyl groups excluding tert-OH is 1. The minimum atomic E-state index is -2.80. The molecule has 5 heteroatoms. The van der Waals surface area contributed by atoms with Crippen LogP contribution in [0.15, 0.2) is 73.3 Å². The third-order valence-electron chi connectivity index (χ3n) is 7.59. The van der Waals surface area contributed by atoms with E-state index < -0.39 is 20.2 Å². The Kier molecular flexibility index (Phi) is 8.34. The van der Waals surface area contributed by atoms with Gasteiger partial charge in [0.05, 0.1) is 18.8 Å². The smallest absolute Gasteiger partial charge is 0.261 e. The third-order valence-corrected chi connectivity index (χ3v) is 12.7. The van der Waals surface area contributed by atoms with Crippen LogP contribution in [-0.4, -0.2) is 44.1 Å². The Morgan fingerprint density at radius 3 is 2.11 bits per heavy atom. The minimum absolute atomic E-state index is 0.153. The monoisotopic (exact) mass is 494 g/mol. The van der Waals surface area contributed by atoms with Gasteiger partial charge in [0.25, 0.3) is 8.32 Å². The van der Waals surface area contributed by atoms with Crippen molar-refractivity contribution in [3.63, 3.8) is 0 Å². The van der Waals surface area contributed by atoms with Gasteiger partial charge in [0.2, 0.25) is 0 Å². The van der Waals surface area contributed by atoms with E-state index in [-0.39, 0.29) is 17.2 Å². The molecule has 2 fully saturated rings. The molecule has 2 aromatic rings. The van der Waals surface area contributed by atoms with Crippen LogP contribution in [0.5, 0.6) is 0 Å². The van der Waals surface area contributed by atoms with E-state index in [1.807, 2.05) is 0 Å². The molecular weight excluding hydrogens is 452 g/mol. The highest BCUT2D eigenvalue weighted by molar-refractivity contribution is 6.99. The SMILES string of the molecule is C=CC[C@@H](O)C[C@H](O[Si](c1ccccc1)(c1ccccc1)C(C)(C)C)[C@H]1COC2(CCCCC2)O1. The van der Waals surface area contributed by atoms with Crippen LogP contribution in [0.3, 0.4) is 0 Å². The van der Waals surface area contributed by atoms with Gasteiger partial charge in [0, 0.05) is 19.3 Å². The van der Waals surface area contributed by atoms with Gasteiger partial charge in [0.15, 0.2) is 5.79 Å². The maximum absolute atomic E-state index is 10.9. The fourth-order valence-electron chi connectivity index (χ4n) is 5.86. The lowest BCUT2D eigenvalue weighted by Crippen LogP contribution is -2.68. The summed E-state index contributed by atoms with van der Waals surface area (Å²) in [6.07, 6.45) is 7.11. The van der Waals surface area contributed by atoms with Crippen molar-refractivity contribution in [1.82, 2.24) is 0 Å². The lowest BCUT2D eigenvalue weighted by Gasteiger charge is -2.46. The van der Waals surface area contributed by atoms with E-state index >= 15 is 0 Å². The second-order valence-electron chi connectivity index (χ2n) is 11.2. The largest absolute Gasteiger partial charge is 0.402 e. The summed E-state index contributed by atoms with van der Waals surface area (Å²) in [6.45, 7) is 11.2. The predicted molar refractivity (Wildman–Crippen MR) is 145 cm³/mol. The molecule has 0 bridgehead atoms. The number of hydrogen-bond donors (Lipinski definition) is 1. The third kappa shape index (κ3) is 5.65. The summed E-state index contributed by atoms with van der Waals surface area (Å²) in [5.74, 6) is -0.487. The molecule has 190 valence electrons. The summed E-state index contributed by atoms with van der Waals surface area (Å²) in [5, 5.41) is 13.2. The van der Waals surface area contributed by atoms with Crippen LogP contribution in [0.2, 0.25) is 5.04 Å². The van der Waals surface area contributed by atoms with Crippen LogP contribution < -0.4 is 10.4 Å². The summed E-state index contributed by atoms with van der Waals surface area (Å²) in [4.78, 5) is 0. The molecule has 1 aliphatic heterocycles.